The molecule has 0 aliphatic rings. The molecule has 0 spiro atoms. The van der Waals surface area contributed by atoms with Crippen molar-refractivity contribution in [3.63, 3.8) is 0 Å². The maximum atomic E-state index is 5.06. The predicted molar refractivity (Wildman–Crippen MR) is 256 cm³/mol. The molecule has 0 unspecified atom stereocenters. The summed E-state index contributed by atoms with van der Waals surface area (Å²) in [5, 5.41) is 4.67. The third kappa shape index (κ3) is 7.42. The molecule has 0 atom stereocenters. The summed E-state index contributed by atoms with van der Waals surface area (Å²) in [4.78, 5) is 20.1. The fourth-order valence-corrected chi connectivity index (χ4v) is 8.18. The van der Waals surface area contributed by atoms with Crippen LogP contribution in [-0.4, -0.2) is 19.9 Å². The SMILES string of the molecule is c1ccc(-c2cc(-c3ccc4cc(-c5cccc(-c6ccc7cc(-c8cc(-c9ccccc9)nc(-c9ccccc9)n8)ccc7c6)c5)ccc4c3)nc(-c3ccccc3)n2)cc1. The standard InChI is InChI=1S/C58H38N4/c1-5-14-39(15-6-1)53-37-55(61-57(59-53)41-18-9-3-10-19-41)51-30-28-47-33-45(24-26-49(47)35-51)43-22-13-23-44(32-43)46-25-27-50-36-52(31-29-48(50)34-46)56-38-54(40-16-7-2-8-17-40)60-58(62-56)42-20-11-4-12-21-42/h1-38H. The highest BCUT2D eigenvalue weighted by Gasteiger charge is 2.14. The van der Waals surface area contributed by atoms with Gasteiger partial charge in [-0.3, -0.25) is 0 Å². The van der Waals surface area contributed by atoms with Gasteiger partial charge in [-0.15, -0.1) is 0 Å². The number of rotatable bonds is 8. The monoisotopic (exact) mass is 790 g/mol. The summed E-state index contributed by atoms with van der Waals surface area (Å²) >= 11 is 0. The first-order valence-corrected chi connectivity index (χ1v) is 20.9. The van der Waals surface area contributed by atoms with Crippen LogP contribution in [-0.2, 0) is 0 Å². The molecule has 290 valence electrons. The second kappa shape index (κ2) is 16.0. The van der Waals surface area contributed by atoms with Crippen LogP contribution in [0.1, 0.15) is 0 Å². The lowest BCUT2D eigenvalue weighted by Gasteiger charge is -2.12. The van der Waals surface area contributed by atoms with Crippen LogP contribution in [0.25, 0.3) is 112 Å². The minimum atomic E-state index is 0.714. The van der Waals surface area contributed by atoms with Crippen molar-refractivity contribution >= 4 is 21.5 Å². The Kier molecular flexibility index (Phi) is 9.49. The van der Waals surface area contributed by atoms with E-state index in [-0.39, 0.29) is 0 Å². The lowest BCUT2D eigenvalue weighted by atomic mass is 9.95. The molecule has 9 aromatic carbocycles. The topological polar surface area (TPSA) is 51.6 Å². The quantitative estimate of drug-likeness (QED) is 0.154. The molecule has 2 aromatic heterocycles. The van der Waals surface area contributed by atoms with Gasteiger partial charge in [0.05, 0.1) is 22.8 Å². The van der Waals surface area contributed by atoms with Gasteiger partial charge < -0.3 is 0 Å². The Morgan fingerprint density at radius 3 is 0.823 bits per heavy atom. The number of hydrogen-bond acceptors (Lipinski definition) is 4. The lowest BCUT2D eigenvalue weighted by Crippen LogP contribution is -1.95. The van der Waals surface area contributed by atoms with E-state index in [9.17, 15) is 0 Å². The first-order valence-electron chi connectivity index (χ1n) is 20.9. The molecule has 0 radical (unpaired) electrons. The highest BCUT2D eigenvalue weighted by Crippen LogP contribution is 2.35. The second-order valence-electron chi connectivity index (χ2n) is 15.5. The fraction of sp³-hybridized carbons (Fsp3) is 0. The van der Waals surface area contributed by atoms with Crippen molar-refractivity contribution in [2.75, 3.05) is 0 Å². The largest absolute Gasteiger partial charge is 0.228 e. The van der Waals surface area contributed by atoms with Gasteiger partial charge in [0.2, 0.25) is 0 Å². The van der Waals surface area contributed by atoms with Crippen molar-refractivity contribution in [1.29, 1.82) is 0 Å². The third-order valence-electron chi connectivity index (χ3n) is 11.5. The summed E-state index contributed by atoms with van der Waals surface area (Å²) in [6.45, 7) is 0. The normalized spacial score (nSPS) is 11.2. The Morgan fingerprint density at radius 2 is 0.452 bits per heavy atom. The van der Waals surface area contributed by atoms with Crippen molar-refractivity contribution in [3.8, 4) is 90.1 Å². The zero-order chi connectivity index (χ0) is 41.2. The van der Waals surface area contributed by atoms with Crippen molar-refractivity contribution < 1.29 is 0 Å². The summed E-state index contributed by atoms with van der Waals surface area (Å²) in [5.74, 6) is 1.43. The van der Waals surface area contributed by atoms with E-state index in [1.54, 1.807) is 0 Å². The van der Waals surface area contributed by atoms with Gasteiger partial charge in [0.15, 0.2) is 11.6 Å². The van der Waals surface area contributed by atoms with Crippen LogP contribution in [0.4, 0.5) is 0 Å². The Morgan fingerprint density at radius 1 is 0.177 bits per heavy atom. The van der Waals surface area contributed by atoms with E-state index in [1.165, 1.54) is 33.0 Å². The molecule has 4 nitrogen and oxygen atoms in total. The van der Waals surface area contributed by atoms with Crippen LogP contribution < -0.4 is 0 Å². The summed E-state index contributed by atoms with van der Waals surface area (Å²) in [5.41, 5.74) is 14.5. The molecular weight excluding hydrogens is 753 g/mol. The van der Waals surface area contributed by atoms with Crippen molar-refractivity contribution in [2.45, 2.75) is 0 Å². The Bertz CT molecular complexity index is 3050. The second-order valence-corrected chi connectivity index (χ2v) is 15.5. The van der Waals surface area contributed by atoms with Crippen LogP contribution in [0, 0.1) is 0 Å². The maximum Gasteiger partial charge on any atom is 0.160 e. The van der Waals surface area contributed by atoms with Crippen LogP contribution in [0.3, 0.4) is 0 Å². The van der Waals surface area contributed by atoms with Gasteiger partial charge in [0, 0.05) is 33.4 Å². The van der Waals surface area contributed by atoms with E-state index in [0.29, 0.717) is 11.6 Å². The molecule has 0 aliphatic carbocycles. The molecule has 0 amide bonds. The van der Waals surface area contributed by atoms with Gasteiger partial charge in [-0.2, -0.15) is 0 Å². The average molecular weight is 791 g/mol. The molecule has 0 aliphatic heterocycles. The Hall–Kier alpha value is -8.34. The van der Waals surface area contributed by atoms with Gasteiger partial charge in [0.25, 0.3) is 0 Å². The van der Waals surface area contributed by atoms with Gasteiger partial charge in [0.1, 0.15) is 0 Å². The zero-order valence-electron chi connectivity index (χ0n) is 33.7. The molecule has 11 aromatic rings. The zero-order valence-corrected chi connectivity index (χ0v) is 33.7. The minimum absolute atomic E-state index is 0.714. The van der Waals surface area contributed by atoms with Crippen LogP contribution in [0.2, 0.25) is 0 Å². The van der Waals surface area contributed by atoms with Gasteiger partial charge in [-0.1, -0.05) is 188 Å². The number of nitrogens with zero attached hydrogens (tertiary/aromatic N) is 4. The highest BCUT2D eigenvalue weighted by molar-refractivity contribution is 5.93. The molecule has 0 saturated carbocycles. The minimum Gasteiger partial charge on any atom is -0.228 e. The first kappa shape index (κ1) is 36.7. The Labute approximate surface area is 360 Å². The number of hydrogen-bond donors (Lipinski definition) is 0. The van der Waals surface area contributed by atoms with Crippen LogP contribution in [0.5, 0.6) is 0 Å². The highest BCUT2D eigenvalue weighted by atomic mass is 14.9. The number of aromatic nitrogens is 4. The molecule has 11 rings (SSSR count). The molecule has 2 heterocycles. The third-order valence-corrected chi connectivity index (χ3v) is 11.5. The molecule has 0 N–H and O–H groups in total. The van der Waals surface area contributed by atoms with Crippen LogP contribution >= 0.6 is 0 Å². The maximum absolute atomic E-state index is 5.06. The van der Waals surface area contributed by atoms with Crippen molar-refractivity contribution in [2.24, 2.45) is 0 Å². The molecule has 0 fully saturated rings. The number of benzene rings is 9. The van der Waals surface area contributed by atoms with Crippen LogP contribution in [0.15, 0.2) is 231 Å². The van der Waals surface area contributed by atoms with E-state index in [1.807, 2.05) is 72.8 Å². The summed E-state index contributed by atoms with van der Waals surface area (Å²) < 4.78 is 0. The van der Waals surface area contributed by atoms with E-state index < -0.39 is 0 Å². The van der Waals surface area contributed by atoms with E-state index >= 15 is 0 Å². The fourth-order valence-electron chi connectivity index (χ4n) is 8.18. The van der Waals surface area contributed by atoms with Gasteiger partial charge >= 0.3 is 0 Å². The van der Waals surface area contributed by atoms with E-state index in [2.05, 4.69) is 158 Å². The summed E-state index contributed by atoms with van der Waals surface area (Å²) in [6.07, 6.45) is 0. The molecule has 0 bridgehead atoms. The van der Waals surface area contributed by atoms with Gasteiger partial charge in [-0.25, -0.2) is 19.9 Å². The lowest BCUT2D eigenvalue weighted by molar-refractivity contribution is 1.18. The van der Waals surface area contributed by atoms with Crippen molar-refractivity contribution in [3.05, 3.63) is 231 Å². The summed E-state index contributed by atoms with van der Waals surface area (Å²) in [6, 6.07) is 80.7. The van der Waals surface area contributed by atoms with E-state index in [4.69, 9.17) is 19.9 Å². The summed E-state index contributed by atoms with van der Waals surface area (Å²) in [7, 11) is 0. The average Bonchev–Trinajstić information content (AvgIpc) is 3.36. The van der Waals surface area contributed by atoms with Crippen molar-refractivity contribution in [1.82, 2.24) is 19.9 Å². The molecule has 0 saturated heterocycles. The molecular formula is C58H38N4. The molecule has 4 heteroatoms. The number of fused-ring (bicyclic) bond motifs is 2. The first-order chi connectivity index (χ1) is 30.7. The smallest absolute Gasteiger partial charge is 0.160 e. The Balaban J connectivity index is 0.889. The van der Waals surface area contributed by atoms with E-state index in [0.717, 1.165) is 66.9 Å². The van der Waals surface area contributed by atoms with Gasteiger partial charge in [-0.05, 0) is 86.3 Å². The predicted octanol–water partition coefficient (Wildman–Crippen LogP) is 14.9. The molecule has 62 heavy (non-hydrogen) atoms.